The van der Waals surface area contributed by atoms with E-state index in [9.17, 15) is 0 Å². The standard InChI is InChI=1S/C14H31NO/c1-15-13-11-9-7-5-3-2-4-6-8-10-12-14-16/h15-16H,2-14H2,1H3. The molecule has 0 aliphatic heterocycles. The molecule has 0 radical (unpaired) electrons. The molecule has 0 aliphatic rings. The minimum atomic E-state index is 0.368. The molecule has 0 heterocycles. The van der Waals surface area contributed by atoms with E-state index in [1.165, 1.54) is 70.8 Å². The van der Waals surface area contributed by atoms with Crippen molar-refractivity contribution >= 4 is 0 Å². The van der Waals surface area contributed by atoms with Crippen LogP contribution in [0.4, 0.5) is 0 Å². The monoisotopic (exact) mass is 229 g/mol. The fraction of sp³-hybridized carbons (Fsp3) is 1.00. The summed E-state index contributed by atoms with van der Waals surface area (Å²) >= 11 is 0. The summed E-state index contributed by atoms with van der Waals surface area (Å²) in [5, 5.41) is 11.8. The molecule has 0 saturated carbocycles. The highest BCUT2D eigenvalue weighted by Gasteiger charge is 1.92. The summed E-state index contributed by atoms with van der Waals surface area (Å²) in [6.07, 6.45) is 14.6. The zero-order valence-corrected chi connectivity index (χ0v) is 11.1. The van der Waals surface area contributed by atoms with E-state index in [1.807, 2.05) is 7.05 Å². The molecule has 0 saturated heterocycles. The fourth-order valence-electron chi connectivity index (χ4n) is 2.00. The van der Waals surface area contributed by atoms with Gasteiger partial charge in [-0.05, 0) is 26.4 Å². The number of aliphatic hydroxyl groups excluding tert-OH is 1. The van der Waals surface area contributed by atoms with Crippen molar-refractivity contribution in [3.8, 4) is 0 Å². The summed E-state index contributed by atoms with van der Waals surface area (Å²) < 4.78 is 0. The lowest BCUT2D eigenvalue weighted by Crippen LogP contribution is -2.06. The van der Waals surface area contributed by atoms with Crippen molar-refractivity contribution in [1.29, 1.82) is 0 Å². The van der Waals surface area contributed by atoms with Crippen LogP contribution in [0.15, 0.2) is 0 Å². The third kappa shape index (κ3) is 13.9. The quantitative estimate of drug-likeness (QED) is 0.474. The highest BCUT2D eigenvalue weighted by atomic mass is 16.2. The fourth-order valence-corrected chi connectivity index (χ4v) is 2.00. The van der Waals surface area contributed by atoms with Gasteiger partial charge in [-0.25, -0.2) is 0 Å². The number of hydrogen-bond acceptors (Lipinski definition) is 2. The second-order valence-electron chi connectivity index (χ2n) is 4.72. The summed E-state index contributed by atoms with van der Waals surface area (Å²) in [7, 11) is 2.02. The number of rotatable bonds is 13. The maximum Gasteiger partial charge on any atom is 0.0431 e. The average Bonchev–Trinajstić information content (AvgIpc) is 2.31. The lowest BCUT2D eigenvalue weighted by Gasteiger charge is -2.02. The van der Waals surface area contributed by atoms with Gasteiger partial charge in [0.25, 0.3) is 0 Å². The van der Waals surface area contributed by atoms with Crippen molar-refractivity contribution in [3.05, 3.63) is 0 Å². The Bertz CT molecular complexity index is 103. The molecule has 16 heavy (non-hydrogen) atoms. The molecular formula is C14H31NO. The minimum absolute atomic E-state index is 0.368. The zero-order chi connectivity index (χ0) is 11.9. The van der Waals surface area contributed by atoms with E-state index in [0.29, 0.717) is 6.61 Å². The predicted molar refractivity (Wildman–Crippen MR) is 71.8 cm³/mol. The van der Waals surface area contributed by atoms with Crippen molar-refractivity contribution in [1.82, 2.24) is 5.32 Å². The van der Waals surface area contributed by atoms with Crippen LogP contribution in [0.3, 0.4) is 0 Å². The number of aliphatic hydroxyl groups is 1. The van der Waals surface area contributed by atoms with Gasteiger partial charge in [0.1, 0.15) is 0 Å². The normalized spacial score (nSPS) is 10.9. The molecule has 2 N–H and O–H groups in total. The molecule has 0 aromatic carbocycles. The van der Waals surface area contributed by atoms with Gasteiger partial charge in [0.2, 0.25) is 0 Å². The highest BCUT2D eigenvalue weighted by Crippen LogP contribution is 2.10. The first-order valence-corrected chi connectivity index (χ1v) is 7.17. The summed E-state index contributed by atoms with van der Waals surface area (Å²) in [6, 6.07) is 0. The topological polar surface area (TPSA) is 32.3 Å². The third-order valence-corrected chi connectivity index (χ3v) is 3.08. The van der Waals surface area contributed by atoms with Crippen molar-refractivity contribution in [2.75, 3.05) is 20.2 Å². The first-order valence-electron chi connectivity index (χ1n) is 7.17. The Balaban J connectivity index is 2.83. The first-order chi connectivity index (χ1) is 7.91. The van der Waals surface area contributed by atoms with E-state index >= 15 is 0 Å². The van der Waals surface area contributed by atoms with E-state index in [1.54, 1.807) is 0 Å². The van der Waals surface area contributed by atoms with Crippen LogP contribution < -0.4 is 5.32 Å². The Morgan fingerprint density at radius 3 is 1.38 bits per heavy atom. The van der Waals surface area contributed by atoms with Crippen LogP contribution >= 0.6 is 0 Å². The molecule has 0 bridgehead atoms. The van der Waals surface area contributed by atoms with Gasteiger partial charge < -0.3 is 10.4 Å². The van der Waals surface area contributed by atoms with Crippen molar-refractivity contribution in [3.63, 3.8) is 0 Å². The predicted octanol–water partition coefficient (Wildman–Crippen LogP) is 3.49. The molecule has 0 aliphatic carbocycles. The molecule has 2 nitrogen and oxygen atoms in total. The molecule has 0 amide bonds. The van der Waals surface area contributed by atoms with Gasteiger partial charge in [-0.15, -0.1) is 0 Å². The Morgan fingerprint density at radius 1 is 0.625 bits per heavy atom. The van der Waals surface area contributed by atoms with Crippen molar-refractivity contribution in [2.24, 2.45) is 0 Å². The summed E-state index contributed by atoms with van der Waals surface area (Å²) in [5.41, 5.74) is 0. The Hall–Kier alpha value is -0.0800. The molecule has 0 unspecified atom stereocenters. The van der Waals surface area contributed by atoms with E-state index in [2.05, 4.69) is 5.32 Å². The molecule has 98 valence electrons. The van der Waals surface area contributed by atoms with Gasteiger partial charge in [-0.1, -0.05) is 57.8 Å². The summed E-state index contributed by atoms with van der Waals surface area (Å²) in [5.74, 6) is 0. The van der Waals surface area contributed by atoms with Crippen LogP contribution in [0.1, 0.15) is 70.6 Å². The summed E-state index contributed by atoms with van der Waals surface area (Å²) in [4.78, 5) is 0. The maximum absolute atomic E-state index is 8.62. The molecule has 0 aromatic rings. The van der Waals surface area contributed by atoms with Gasteiger partial charge in [-0.2, -0.15) is 0 Å². The van der Waals surface area contributed by atoms with Crippen molar-refractivity contribution < 1.29 is 5.11 Å². The van der Waals surface area contributed by atoms with Crippen molar-refractivity contribution in [2.45, 2.75) is 70.6 Å². The Morgan fingerprint density at radius 2 is 1.00 bits per heavy atom. The van der Waals surface area contributed by atoms with Crippen LogP contribution in [0.5, 0.6) is 0 Å². The molecule has 0 spiro atoms. The first kappa shape index (κ1) is 15.9. The highest BCUT2D eigenvalue weighted by molar-refractivity contribution is 4.49. The molecule has 0 atom stereocenters. The van der Waals surface area contributed by atoms with Crippen LogP contribution in [0.25, 0.3) is 0 Å². The maximum atomic E-state index is 8.62. The molecular weight excluding hydrogens is 198 g/mol. The van der Waals surface area contributed by atoms with Gasteiger partial charge in [0.05, 0.1) is 0 Å². The smallest absolute Gasteiger partial charge is 0.0431 e. The number of unbranched alkanes of at least 4 members (excludes halogenated alkanes) is 10. The van der Waals surface area contributed by atoms with Crippen LogP contribution in [-0.4, -0.2) is 25.3 Å². The largest absolute Gasteiger partial charge is 0.396 e. The van der Waals surface area contributed by atoms with Crippen LogP contribution in [0.2, 0.25) is 0 Å². The van der Waals surface area contributed by atoms with Gasteiger partial charge in [-0.3, -0.25) is 0 Å². The van der Waals surface area contributed by atoms with Crippen LogP contribution in [-0.2, 0) is 0 Å². The third-order valence-electron chi connectivity index (χ3n) is 3.08. The van der Waals surface area contributed by atoms with Gasteiger partial charge >= 0.3 is 0 Å². The number of hydrogen-bond donors (Lipinski definition) is 2. The Labute approximate surface area is 102 Å². The lowest BCUT2D eigenvalue weighted by atomic mass is 10.1. The second kappa shape index (κ2) is 14.9. The molecule has 0 fully saturated rings. The van der Waals surface area contributed by atoms with E-state index < -0.39 is 0 Å². The van der Waals surface area contributed by atoms with Crippen LogP contribution in [0, 0.1) is 0 Å². The Kier molecular flexibility index (Phi) is 14.8. The summed E-state index contributed by atoms with van der Waals surface area (Å²) in [6.45, 7) is 1.54. The van der Waals surface area contributed by atoms with E-state index in [4.69, 9.17) is 5.11 Å². The zero-order valence-electron chi connectivity index (χ0n) is 11.1. The molecule has 0 rings (SSSR count). The van der Waals surface area contributed by atoms with E-state index in [0.717, 1.165) is 6.42 Å². The average molecular weight is 229 g/mol. The SMILES string of the molecule is CNCCCCCCCCCCCCCO. The molecule has 0 aromatic heterocycles. The van der Waals surface area contributed by atoms with Gasteiger partial charge in [0.15, 0.2) is 0 Å². The van der Waals surface area contributed by atoms with E-state index in [-0.39, 0.29) is 0 Å². The minimum Gasteiger partial charge on any atom is -0.396 e. The lowest BCUT2D eigenvalue weighted by molar-refractivity contribution is 0.282. The number of nitrogens with one attached hydrogen (secondary N) is 1. The molecule has 2 heteroatoms. The van der Waals surface area contributed by atoms with Gasteiger partial charge in [0, 0.05) is 6.61 Å². The second-order valence-corrected chi connectivity index (χ2v) is 4.72.